The predicted octanol–water partition coefficient (Wildman–Crippen LogP) is 2.19. The van der Waals surface area contributed by atoms with Gasteiger partial charge in [0.1, 0.15) is 6.04 Å². The number of amides is 1. The van der Waals surface area contributed by atoms with Gasteiger partial charge in [0.2, 0.25) is 5.91 Å². The van der Waals surface area contributed by atoms with Crippen LogP contribution >= 0.6 is 23.5 Å². The van der Waals surface area contributed by atoms with Gasteiger partial charge in [-0.15, -0.1) is 11.8 Å². The molecule has 6 heteroatoms. The van der Waals surface area contributed by atoms with Crippen molar-refractivity contribution in [2.24, 2.45) is 0 Å². The van der Waals surface area contributed by atoms with E-state index in [2.05, 4.69) is 5.32 Å². The van der Waals surface area contributed by atoms with Crippen molar-refractivity contribution in [1.82, 2.24) is 5.32 Å². The number of rotatable bonds is 8. The normalized spacial score (nSPS) is 11.7. The van der Waals surface area contributed by atoms with Gasteiger partial charge in [0.15, 0.2) is 0 Å². The lowest BCUT2D eigenvalue weighted by Gasteiger charge is -2.15. The zero-order valence-corrected chi connectivity index (χ0v) is 13.3. The molecule has 0 saturated carbocycles. The van der Waals surface area contributed by atoms with Crippen LogP contribution in [0.4, 0.5) is 0 Å². The highest BCUT2D eigenvalue weighted by Gasteiger charge is 2.20. The Kier molecular flexibility index (Phi) is 8.22. The molecule has 1 amide bonds. The minimum Gasteiger partial charge on any atom is -0.467 e. The van der Waals surface area contributed by atoms with Crippen molar-refractivity contribution in [2.75, 3.05) is 24.9 Å². The summed E-state index contributed by atoms with van der Waals surface area (Å²) in [5, 5.41) is 2.73. The third-order valence-corrected chi connectivity index (χ3v) is 4.20. The van der Waals surface area contributed by atoms with Crippen LogP contribution in [0.2, 0.25) is 0 Å². The molecule has 0 bridgehead atoms. The average Bonchev–Trinajstić information content (AvgIpc) is 2.49. The van der Waals surface area contributed by atoms with Crippen molar-refractivity contribution in [3.8, 4) is 0 Å². The molecule has 1 rings (SSSR count). The van der Waals surface area contributed by atoms with Crippen LogP contribution in [0.1, 0.15) is 6.42 Å². The van der Waals surface area contributed by atoms with Gasteiger partial charge in [-0.2, -0.15) is 11.8 Å². The monoisotopic (exact) mass is 313 g/mol. The lowest BCUT2D eigenvalue weighted by Crippen LogP contribution is -2.42. The fraction of sp³-hybridized carbons (Fsp3) is 0.429. The van der Waals surface area contributed by atoms with Gasteiger partial charge >= 0.3 is 5.97 Å². The van der Waals surface area contributed by atoms with E-state index in [0.29, 0.717) is 6.42 Å². The van der Waals surface area contributed by atoms with Gasteiger partial charge in [-0.25, -0.2) is 4.79 Å². The van der Waals surface area contributed by atoms with E-state index in [4.69, 9.17) is 4.74 Å². The second-order valence-corrected chi connectivity index (χ2v) is 6.06. The van der Waals surface area contributed by atoms with Gasteiger partial charge < -0.3 is 10.1 Å². The molecule has 110 valence electrons. The Morgan fingerprint density at radius 3 is 2.60 bits per heavy atom. The van der Waals surface area contributed by atoms with Crippen molar-refractivity contribution in [3.05, 3.63) is 30.3 Å². The van der Waals surface area contributed by atoms with Gasteiger partial charge in [-0.1, -0.05) is 18.2 Å². The Balaban J connectivity index is 2.43. The number of thioether (sulfide) groups is 2. The number of ether oxygens (including phenoxy) is 1. The molecule has 0 fully saturated rings. The maximum absolute atomic E-state index is 11.9. The first-order chi connectivity index (χ1) is 9.67. The maximum atomic E-state index is 11.9. The Bertz CT molecular complexity index is 426. The maximum Gasteiger partial charge on any atom is 0.328 e. The van der Waals surface area contributed by atoms with Crippen molar-refractivity contribution in [3.63, 3.8) is 0 Å². The summed E-state index contributed by atoms with van der Waals surface area (Å²) in [6.45, 7) is 0. The minimum absolute atomic E-state index is 0.157. The quantitative estimate of drug-likeness (QED) is 0.589. The number of methoxy groups -OCH3 is 1. The molecule has 0 spiro atoms. The van der Waals surface area contributed by atoms with E-state index in [9.17, 15) is 9.59 Å². The number of nitrogens with one attached hydrogen (secondary N) is 1. The smallest absolute Gasteiger partial charge is 0.328 e. The Labute approximate surface area is 128 Å². The molecule has 1 aromatic rings. The van der Waals surface area contributed by atoms with Gasteiger partial charge in [0.25, 0.3) is 0 Å². The summed E-state index contributed by atoms with van der Waals surface area (Å²) in [6, 6.07) is 9.12. The average molecular weight is 313 g/mol. The van der Waals surface area contributed by atoms with Gasteiger partial charge in [-0.05, 0) is 30.6 Å². The molecule has 1 aromatic carbocycles. The number of hydrogen-bond donors (Lipinski definition) is 1. The van der Waals surface area contributed by atoms with Crippen molar-refractivity contribution in [1.29, 1.82) is 0 Å². The SMILES string of the molecule is COC(=O)[C@H](CCSC)NC(=O)CSc1ccccc1. The summed E-state index contributed by atoms with van der Waals surface area (Å²) >= 11 is 3.08. The third kappa shape index (κ3) is 6.34. The largest absolute Gasteiger partial charge is 0.467 e. The molecule has 0 aliphatic rings. The van der Waals surface area contributed by atoms with E-state index in [1.807, 2.05) is 36.6 Å². The van der Waals surface area contributed by atoms with Gasteiger partial charge in [-0.3, -0.25) is 4.79 Å². The molecule has 0 aromatic heterocycles. The van der Waals surface area contributed by atoms with Crippen LogP contribution in [-0.4, -0.2) is 42.8 Å². The van der Waals surface area contributed by atoms with Crippen LogP contribution < -0.4 is 5.32 Å². The van der Waals surface area contributed by atoms with E-state index < -0.39 is 12.0 Å². The van der Waals surface area contributed by atoms with Crippen LogP contribution in [-0.2, 0) is 14.3 Å². The summed E-state index contributed by atoms with van der Waals surface area (Å²) in [4.78, 5) is 24.5. The van der Waals surface area contributed by atoms with Crippen LogP contribution in [0.5, 0.6) is 0 Å². The predicted molar refractivity (Wildman–Crippen MR) is 84.1 cm³/mol. The summed E-state index contributed by atoms with van der Waals surface area (Å²) < 4.78 is 4.70. The zero-order valence-electron chi connectivity index (χ0n) is 11.6. The molecule has 0 aliphatic carbocycles. The molecule has 0 radical (unpaired) electrons. The molecule has 0 heterocycles. The highest BCUT2D eigenvalue weighted by Crippen LogP contribution is 2.16. The Hall–Kier alpha value is -1.14. The summed E-state index contributed by atoms with van der Waals surface area (Å²) in [5.74, 6) is 0.537. The van der Waals surface area contributed by atoms with Crippen molar-refractivity contribution >= 4 is 35.4 Å². The molecular formula is C14H19NO3S2. The molecule has 0 aliphatic heterocycles. The second kappa shape index (κ2) is 9.72. The van der Waals surface area contributed by atoms with Crippen LogP contribution in [0.15, 0.2) is 35.2 Å². The molecule has 0 saturated heterocycles. The first kappa shape index (κ1) is 16.9. The molecule has 0 unspecified atom stereocenters. The van der Waals surface area contributed by atoms with E-state index >= 15 is 0 Å². The zero-order chi connectivity index (χ0) is 14.8. The number of carbonyl (C=O) groups is 2. The molecule has 1 atom stereocenters. The van der Waals surface area contributed by atoms with Crippen LogP contribution in [0, 0.1) is 0 Å². The fourth-order valence-electron chi connectivity index (χ4n) is 1.53. The topological polar surface area (TPSA) is 55.4 Å². The standard InChI is InChI=1S/C14H19NO3S2/c1-18-14(17)12(8-9-19-2)15-13(16)10-20-11-6-4-3-5-7-11/h3-7,12H,8-10H2,1-2H3,(H,15,16)/t12-/m0/s1. The lowest BCUT2D eigenvalue weighted by molar-refractivity contribution is -0.144. The molecule has 20 heavy (non-hydrogen) atoms. The van der Waals surface area contributed by atoms with E-state index in [-0.39, 0.29) is 11.7 Å². The van der Waals surface area contributed by atoms with Crippen LogP contribution in [0.3, 0.4) is 0 Å². The summed E-state index contributed by atoms with van der Waals surface area (Å²) in [6.07, 6.45) is 2.54. The first-order valence-electron chi connectivity index (χ1n) is 6.21. The van der Waals surface area contributed by atoms with Gasteiger partial charge in [0.05, 0.1) is 12.9 Å². The van der Waals surface area contributed by atoms with E-state index in [1.54, 1.807) is 11.8 Å². The van der Waals surface area contributed by atoms with E-state index in [1.165, 1.54) is 18.9 Å². The van der Waals surface area contributed by atoms with Crippen molar-refractivity contribution < 1.29 is 14.3 Å². The van der Waals surface area contributed by atoms with Crippen molar-refractivity contribution in [2.45, 2.75) is 17.4 Å². The molecular weight excluding hydrogens is 294 g/mol. The highest BCUT2D eigenvalue weighted by atomic mass is 32.2. The number of benzene rings is 1. The lowest BCUT2D eigenvalue weighted by atomic mass is 10.2. The van der Waals surface area contributed by atoms with Crippen LogP contribution in [0.25, 0.3) is 0 Å². The minimum atomic E-state index is -0.559. The Morgan fingerprint density at radius 2 is 2.00 bits per heavy atom. The highest BCUT2D eigenvalue weighted by molar-refractivity contribution is 8.00. The second-order valence-electron chi connectivity index (χ2n) is 4.03. The number of carbonyl (C=O) groups excluding carboxylic acids is 2. The van der Waals surface area contributed by atoms with Gasteiger partial charge in [0, 0.05) is 4.90 Å². The fourth-order valence-corrected chi connectivity index (χ4v) is 2.73. The van der Waals surface area contributed by atoms with E-state index in [0.717, 1.165) is 10.6 Å². The summed E-state index contributed by atoms with van der Waals surface area (Å²) in [7, 11) is 1.33. The molecule has 1 N–H and O–H groups in total. The number of hydrogen-bond acceptors (Lipinski definition) is 5. The first-order valence-corrected chi connectivity index (χ1v) is 8.59. The third-order valence-electron chi connectivity index (χ3n) is 2.54. The Morgan fingerprint density at radius 1 is 1.30 bits per heavy atom. The summed E-state index contributed by atoms with van der Waals surface area (Å²) in [5.41, 5.74) is 0. The number of esters is 1. The molecule has 4 nitrogen and oxygen atoms in total.